The molecule has 2 aliphatic heterocycles. The van der Waals surface area contributed by atoms with Crippen molar-refractivity contribution in [1.29, 1.82) is 0 Å². The molecular weight excluding hydrogens is 292 g/mol. The topological polar surface area (TPSA) is 52.6 Å². The van der Waals surface area contributed by atoms with Crippen LogP contribution in [0.15, 0.2) is 60.7 Å². The summed E-state index contributed by atoms with van der Waals surface area (Å²) in [6.07, 6.45) is 1.02. The Labute approximate surface area is 134 Å². The number of hydrogen-bond acceptors (Lipinski definition) is 4. The zero-order valence-electron chi connectivity index (χ0n) is 12.5. The van der Waals surface area contributed by atoms with Gasteiger partial charge in [0.05, 0.1) is 6.42 Å². The van der Waals surface area contributed by atoms with E-state index in [1.54, 1.807) is 0 Å². The standard InChI is InChI=1S/C19H16O4/c20-16-11-12-18(22-16)13-19(17(21)23-18,14-7-3-1-4-8-14)15-9-5-2-6-10-15/h1-10H,11-13H2. The number of ether oxygens (including phenoxy) is 2. The van der Waals surface area contributed by atoms with Crippen LogP contribution in [0.5, 0.6) is 0 Å². The second kappa shape index (κ2) is 4.95. The Morgan fingerprint density at radius 1 is 0.783 bits per heavy atom. The maximum absolute atomic E-state index is 13.0. The van der Waals surface area contributed by atoms with Crippen LogP contribution in [0.25, 0.3) is 0 Å². The second-order valence-electron chi connectivity index (χ2n) is 6.09. The minimum Gasteiger partial charge on any atom is -0.422 e. The van der Waals surface area contributed by atoms with Crippen molar-refractivity contribution in [3.63, 3.8) is 0 Å². The molecule has 1 unspecified atom stereocenters. The molecule has 2 heterocycles. The molecule has 2 saturated heterocycles. The van der Waals surface area contributed by atoms with Crippen molar-refractivity contribution in [3.05, 3.63) is 71.8 Å². The van der Waals surface area contributed by atoms with Crippen LogP contribution in [0.2, 0.25) is 0 Å². The third kappa shape index (κ3) is 2.05. The van der Waals surface area contributed by atoms with Crippen LogP contribution in [0, 0.1) is 0 Å². The summed E-state index contributed by atoms with van der Waals surface area (Å²) >= 11 is 0. The fraction of sp³-hybridized carbons (Fsp3) is 0.263. The van der Waals surface area contributed by atoms with Gasteiger partial charge in [-0.15, -0.1) is 0 Å². The van der Waals surface area contributed by atoms with Crippen molar-refractivity contribution in [3.8, 4) is 0 Å². The highest BCUT2D eigenvalue weighted by Gasteiger charge is 2.62. The van der Waals surface area contributed by atoms with Gasteiger partial charge in [-0.25, -0.2) is 0 Å². The first-order valence-corrected chi connectivity index (χ1v) is 7.71. The van der Waals surface area contributed by atoms with E-state index in [0.29, 0.717) is 12.8 Å². The molecule has 0 N–H and O–H groups in total. The van der Waals surface area contributed by atoms with Crippen molar-refractivity contribution in [2.45, 2.75) is 30.5 Å². The third-order valence-corrected chi connectivity index (χ3v) is 4.70. The van der Waals surface area contributed by atoms with Crippen LogP contribution in [-0.2, 0) is 24.5 Å². The molecule has 0 aromatic heterocycles. The molecule has 2 aromatic rings. The van der Waals surface area contributed by atoms with Gasteiger partial charge < -0.3 is 9.47 Å². The summed E-state index contributed by atoms with van der Waals surface area (Å²) in [6, 6.07) is 19.1. The van der Waals surface area contributed by atoms with Gasteiger partial charge in [0.25, 0.3) is 5.79 Å². The van der Waals surface area contributed by atoms with Gasteiger partial charge in [-0.1, -0.05) is 60.7 Å². The first-order valence-electron chi connectivity index (χ1n) is 7.71. The molecule has 1 spiro atoms. The summed E-state index contributed by atoms with van der Waals surface area (Å²) in [5, 5.41) is 0. The van der Waals surface area contributed by atoms with Gasteiger partial charge in [0.2, 0.25) is 0 Å². The van der Waals surface area contributed by atoms with Crippen LogP contribution in [0.1, 0.15) is 30.4 Å². The zero-order chi connectivity index (χ0) is 15.9. The van der Waals surface area contributed by atoms with Crippen LogP contribution in [-0.4, -0.2) is 17.7 Å². The van der Waals surface area contributed by atoms with E-state index in [-0.39, 0.29) is 18.4 Å². The number of hydrogen-bond donors (Lipinski definition) is 0. The highest BCUT2D eigenvalue weighted by atomic mass is 16.7. The molecule has 0 bridgehead atoms. The molecule has 0 aliphatic carbocycles. The van der Waals surface area contributed by atoms with E-state index in [1.165, 1.54) is 0 Å². The second-order valence-corrected chi connectivity index (χ2v) is 6.09. The molecule has 0 radical (unpaired) electrons. The van der Waals surface area contributed by atoms with Crippen molar-refractivity contribution in [1.82, 2.24) is 0 Å². The van der Waals surface area contributed by atoms with Crippen LogP contribution >= 0.6 is 0 Å². The van der Waals surface area contributed by atoms with Crippen LogP contribution in [0.4, 0.5) is 0 Å². The minimum absolute atomic E-state index is 0.285. The lowest BCUT2D eigenvalue weighted by Gasteiger charge is -2.27. The Hall–Kier alpha value is -2.62. The molecule has 0 saturated carbocycles. The molecular formula is C19H16O4. The quantitative estimate of drug-likeness (QED) is 0.800. The number of carbonyl (C=O) groups is 2. The molecule has 23 heavy (non-hydrogen) atoms. The van der Waals surface area contributed by atoms with Gasteiger partial charge in [-0.3, -0.25) is 9.59 Å². The van der Waals surface area contributed by atoms with E-state index in [4.69, 9.17) is 9.47 Å². The van der Waals surface area contributed by atoms with Crippen molar-refractivity contribution >= 4 is 11.9 Å². The Balaban J connectivity index is 1.88. The summed E-state index contributed by atoms with van der Waals surface area (Å²) in [5.41, 5.74) is 0.777. The molecule has 2 aromatic carbocycles. The number of carbonyl (C=O) groups excluding carboxylic acids is 2. The highest BCUT2D eigenvalue weighted by molar-refractivity contribution is 5.90. The monoisotopic (exact) mass is 308 g/mol. The van der Waals surface area contributed by atoms with Crippen molar-refractivity contribution in [2.75, 3.05) is 0 Å². The average Bonchev–Trinajstić information content (AvgIpc) is 3.09. The van der Waals surface area contributed by atoms with Gasteiger partial charge in [0.1, 0.15) is 5.41 Å². The summed E-state index contributed by atoms with van der Waals surface area (Å²) in [6.45, 7) is 0. The summed E-state index contributed by atoms with van der Waals surface area (Å²) < 4.78 is 11.0. The average molecular weight is 308 g/mol. The Bertz CT molecular complexity index is 714. The predicted molar refractivity (Wildman–Crippen MR) is 82.4 cm³/mol. The zero-order valence-corrected chi connectivity index (χ0v) is 12.5. The van der Waals surface area contributed by atoms with Gasteiger partial charge in [-0.05, 0) is 11.1 Å². The fourth-order valence-corrected chi connectivity index (χ4v) is 3.62. The van der Waals surface area contributed by atoms with Crippen molar-refractivity contribution < 1.29 is 19.1 Å². The number of benzene rings is 2. The SMILES string of the molecule is O=C1CCC2(CC(c3ccccc3)(c3ccccc3)C(=O)O2)O1. The lowest BCUT2D eigenvalue weighted by Crippen LogP contribution is -2.34. The molecule has 116 valence electrons. The van der Waals surface area contributed by atoms with E-state index in [9.17, 15) is 9.59 Å². The summed E-state index contributed by atoms with van der Waals surface area (Å²) in [7, 11) is 0. The van der Waals surface area contributed by atoms with Crippen LogP contribution < -0.4 is 0 Å². The maximum atomic E-state index is 13.0. The van der Waals surface area contributed by atoms with Gasteiger partial charge in [-0.2, -0.15) is 0 Å². The Kier molecular flexibility index (Phi) is 3.01. The van der Waals surface area contributed by atoms with Gasteiger partial charge >= 0.3 is 11.9 Å². The van der Waals surface area contributed by atoms with E-state index < -0.39 is 11.2 Å². The summed E-state index contributed by atoms with van der Waals surface area (Å²) in [4.78, 5) is 24.5. The molecule has 4 nitrogen and oxygen atoms in total. The highest BCUT2D eigenvalue weighted by Crippen LogP contribution is 2.51. The Morgan fingerprint density at radius 3 is 1.83 bits per heavy atom. The number of esters is 2. The first kappa shape index (κ1) is 14.0. The lowest BCUT2D eigenvalue weighted by atomic mass is 9.71. The van der Waals surface area contributed by atoms with Gasteiger partial charge in [0.15, 0.2) is 0 Å². The molecule has 1 atom stereocenters. The molecule has 4 rings (SSSR count). The van der Waals surface area contributed by atoms with Crippen molar-refractivity contribution in [2.24, 2.45) is 0 Å². The van der Waals surface area contributed by atoms with E-state index in [1.807, 2.05) is 60.7 Å². The summed E-state index contributed by atoms with van der Waals surface area (Å²) in [5.74, 6) is -1.79. The first-order chi connectivity index (χ1) is 11.1. The molecule has 0 amide bonds. The molecule has 2 aliphatic rings. The van der Waals surface area contributed by atoms with Gasteiger partial charge in [0, 0.05) is 12.8 Å². The molecule has 2 fully saturated rings. The lowest BCUT2D eigenvalue weighted by molar-refractivity contribution is -0.197. The maximum Gasteiger partial charge on any atom is 0.324 e. The van der Waals surface area contributed by atoms with E-state index in [0.717, 1.165) is 11.1 Å². The third-order valence-electron chi connectivity index (χ3n) is 4.70. The van der Waals surface area contributed by atoms with Crippen LogP contribution in [0.3, 0.4) is 0 Å². The smallest absolute Gasteiger partial charge is 0.324 e. The number of rotatable bonds is 2. The predicted octanol–water partition coefficient (Wildman–Crippen LogP) is 2.95. The minimum atomic E-state index is -1.13. The molecule has 4 heteroatoms. The van der Waals surface area contributed by atoms with E-state index >= 15 is 0 Å². The largest absolute Gasteiger partial charge is 0.422 e. The Morgan fingerprint density at radius 2 is 1.35 bits per heavy atom. The van der Waals surface area contributed by atoms with E-state index in [2.05, 4.69) is 0 Å². The fourth-order valence-electron chi connectivity index (χ4n) is 3.62. The normalized spacial score (nSPS) is 25.4.